The number of nitrogens with zero attached hydrogens (tertiary/aromatic N) is 2. The molecule has 0 fully saturated rings. The molecule has 29 heavy (non-hydrogen) atoms. The largest absolute Gasteiger partial charge is 0.324 e. The first kappa shape index (κ1) is 20.4. The van der Waals surface area contributed by atoms with Crippen molar-refractivity contribution in [3.63, 3.8) is 0 Å². The second kappa shape index (κ2) is 8.49. The minimum atomic E-state index is -0.265. The molecule has 4 aromatic rings. The zero-order valence-corrected chi connectivity index (χ0v) is 18.9. The zero-order chi connectivity index (χ0) is 20.5. The lowest BCUT2D eigenvalue weighted by Gasteiger charge is -2.09. The molecule has 1 aromatic carbocycles. The van der Waals surface area contributed by atoms with E-state index in [-0.39, 0.29) is 17.2 Å². The highest BCUT2D eigenvalue weighted by Crippen LogP contribution is 2.34. The summed E-state index contributed by atoms with van der Waals surface area (Å²) in [5, 5.41) is 8.63. The minimum Gasteiger partial charge on any atom is -0.324 e. The lowest BCUT2D eigenvalue weighted by molar-refractivity contribution is -0.113. The molecule has 0 spiro atoms. The molecule has 0 radical (unpaired) electrons. The van der Waals surface area contributed by atoms with Crippen molar-refractivity contribution in [1.82, 2.24) is 9.55 Å². The van der Waals surface area contributed by atoms with E-state index >= 15 is 0 Å². The molecule has 0 aliphatic rings. The number of benzene rings is 1. The van der Waals surface area contributed by atoms with Gasteiger partial charge in [-0.15, -0.1) is 22.7 Å². The third-order valence-electron chi connectivity index (χ3n) is 4.10. The second-order valence-corrected chi connectivity index (χ2v) is 9.62. The van der Waals surface area contributed by atoms with Crippen molar-refractivity contribution in [3.8, 4) is 10.4 Å². The fourth-order valence-electron chi connectivity index (χ4n) is 2.71. The van der Waals surface area contributed by atoms with E-state index < -0.39 is 0 Å². The zero-order valence-electron chi connectivity index (χ0n) is 14.9. The Kier molecular flexibility index (Phi) is 5.98. The molecule has 0 saturated carbocycles. The van der Waals surface area contributed by atoms with Crippen LogP contribution >= 0.6 is 57.6 Å². The van der Waals surface area contributed by atoms with Gasteiger partial charge in [-0.2, -0.15) is 0 Å². The molecule has 1 N–H and O–H groups in total. The molecular formula is C19H13Cl2N3O2S3. The second-order valence-electron chi connectivity index (χ2n) is 6.03. The van der Waals surface area contributed by atoms with Crippen molar-refractivity contribution in [2.45, 2.75) is 5.16 Å². The molecule has 4 rings (SSSR count). The molecule has 3 heterocycles. The number of thiophene rings is 2. The van der Waals surface area contributed by atoms with Crippen molar-refractivity contribution < 1.29 is 4.79 Å². The number of nitrogens with one attached hydrogen (secondary N) is 1. The van der Waals surface area contributed by atoms with Gasteiger partial charge in [-0.05, 0) is 29.6 Å². The van der Waals surface area contributed by atoms with Gasteiger partial charge >= 0.3 is 0 Å². The lowest BCUT2D eigenvalue weighted by atomic mass is 10.2. The normalized spacial score (nSPS) is 11.1. The van der Waals surface area contributed by atoms with Crippen molar-refractivity contribution in [3.05, 3.63) is 61.5 Å². The van der Waals surface area contributed by atoms with Gasteiger partial charge in [0.15, 0.2) is 5.16 Å². The molecule has 5 nitrogen and oxygen atoms in total. The third-order valence-corrected chi connectivity index (χ3v) is 7.47. The van der Waals surface area contributed by atoms with Crippen LogP contribution in [0.25, 0.3) is 20.7 Å². The monoisotopic (exact) mass is 481 g/mol. The Morgan fingerprint density at radius 1 is 1.28 bits per heavy atom. The van der Waals surface area contributed by atoms with Gasteiger partial charge in [0.1, 0.15) is 4.83 Å². The highest BCUT2D eigenvalue weighted by atomic mass is 35.5. The number of hydrogen-bond acceptors (Lipinski definition) is 6. The molecule has 10 heteroatoms. The quantitative estimate of drug-likeness (QED) is 0.290. The summed E-state index contributed by atoms with van der Waals surface area (Å²) in [5.41, 5.74) is 1.22. The van der Waals surface area contributed by atoms with Gasteiger partial charge in [0.25, 0.3) is 5.56 Å². The predicted octanol–water partition coefficient (Wildman–Crippen LogP) is 5.76. The first-order chi connectivity index (χ1) is 13.9. The van der Waals surface area contributed by atoms with Gasteiger partial charge in [-0.1, -0.05) is 41.0 Å². The van der Waals surface area contributed by atoms with Crippen molar-refractivity contribution in [2.24, 2.45) is 7.05 Å². The van der Waals surface area contributed by atoms with Crippen LogP contribution in [0.4, 0.5) is 5.69 Å². The van der Waals surface area contributed by atoms with Crippen LogP contribution < -0.4 is 10.9 Å². The average Bonchev–Trinajstić information content (AvgIpc) is 3.36. The van der Waals surface area contributed by atoms with Gasteiger partial charge in [0, 0.05) is 27.9 Å². The Bertz CT molecular complexity index is 1270. The van der Waals surface area contributed by atoms with E-state index in [4.69, 9.17) is 23.2 Å². The van der Waals surface area contributed by atoms with Gasteiger partial charge in [0.2, 0.25) is 5.91 Å². The summed E-state index contributed by atoms with van der Waals surface area (Å²) < 4.78 is 1.48. The number of carbonyl (C=O) groups is 1. The maximum Gasteiger partial charge on any atom is 0.263 e. The summed E-state index contributed by atoms with van der Waals surface area (Å²) in [6, 6.07) is 8.79. The summed E-state index contributed by atoms with van der Waals surface area (Å²) in [7, 11) is 1.67. The van der Waals surface area contributed by atoms with Crippen LogP contribution in [-0.4, -0.2) is 21.2 Å². The van der Waals surface area contributed by atoms with Crippen molar-refractivity contribution in [2.75, 3.05) is 11.1 Å². The molecule has 0 bridgehead atoms. The van der Waals surface area contributed by atoms with Crippen LogP contribution in [0.1, 0.15) is 0 Å². The Hall–Kier alpha value is -1.84. The van der Waals surface area contributed by atoms with Crippen LogP contribution in [0.3, 0.4) is 0 Å². The highest BCUT2D eigenvalue weighted by Gasteiger charge is 2.17. The first-order valence-corrected chi connectivity index (χ1v) is 11.8. The average molecular weight is 482 g/mol. The van der Waals surface area contributed by atoms with Crippen molar-refractivity contribution in [1.29, 1.82) is 0 Å². The van der Waals surface area contributed by atoms with E-state index in [1.807, 2.05) is 22.9 Å². The maximum atomic E-state index is 12.9. The Labute approximate surface area is 188 Å². The number of anilines is 1. The smallest absolute Gasteiger partial charge is 0.263 e. The molecule has 0 atom stereocenters. The molecule has 148 valence electrons. The first-order valence-electron chi connectivity index (χ1n) is 8.34. The Morgan fingerprint density at radius 2 is 2.10 bits per heavy atom. The predicted molar refractivity (Wildman–Crippen MR) is 124 cm³/mol. The Balaban J connectivity index is 1.56. The molecule has 3 aromatic heterocycles. The molecular weight excluding hydrogens is 469 g/mol. The topological polar surface area (TPSA) is 64.0 Å². The van der Waals surface area contributed by atoms with E-state index in [2.05, 4.69) is 10.3 Å². The Morgan fingerprint density at radius 3 is 2.86 bits per heavy atom. The van der Waals surface area contributed by atoms with Gasteiger partial charge < -0.3 is 5.32 Å². The summed E-state index contributed by atoms with van der Waals surface area (Å²) in [5.74, 6) is -0.184. The van der Waals surface area contributed by atoms with Crippen LogP contribution in [0.5, 0.6) is 0 Å². The van der Waals surface area contributed by atoms with Crippen molar-refractivity contribution >= 4 is 79.4 Å². The van der Waals surface area contributed by atoms with Crippen LogP contribution in [0, 0.1) is 0 Å². The van der Waals surface area contributed by atoms with Crippen LogP contribution in [-0.2, 0) is 11.8 Å². The highest BCUT2D eigenvalue weighted by molar-refractivity contribution is 7.99. The number of aromatic nitrogens is 2. The van der Waals surface area contributed by atoms with Gasteiger partial charge in [-0.25, -0.2) is 4.98 Å². The van der Waals surface area contributed by atoms with Crippen LogP contribution in [0.2, 0.25) is 10.0 Å². The number of hydrogen-bond donors (Lipinski definition) is 1. The summed E-state index contributed by atoms with van der Waals surface area (Å²) >= 11 is 16.2. The standard InChI is InChI=1S/C19H13Cl2N3O2S3/c1-24-18(26)16-11(14-3-2-6-27-14)8-28-17(16)23-19(24)29-9-15(25)22-13-7-10(20)4-5-12(13)21/h2-8H,9H2,1H3,(H,22,25). The number of fused-ring (bicyclic) bond motifs is 1. The molecule has 0 saturated heterocycles. The number of carbonyl (C=O) groups excluding carboxylic acids is 1. The van der Waals surface area contributed by atoms with Crippen LogP contribution in [0.15, 0.2) is 51.0 Å². The summed E-state index contributed by atoms with van der Waals surface area (Å²) in [6.07, 6.45) is 0. The van der Waals surface area contributed by atoms with E-state index in [1.54, 1.807) is 36.6 Å². The third kappa shape index (κ3) is 4.22. The minimum absolute atomic E-state index is 0.0811. The van der Waals surface area contributed by atoms with E-state index in [0.29, 0.717) is 31.1 Å². The number of thioether (sulfide) groups is 1. The summed E-state index contributed by atoms with van der Waals surface area (Å²) in [6.45, 7) is 0. The molecule has 0 aliphatic heterocycles. The maximum absolute atomic E-state index is 12.9. The molecule has 0 aliphatic carbocycles. The fourth-order valence-corrected chi connectivity index (χ4v) is 5.62. The molecule has 0 unspecified atom stereocenters. The fraction of sp³-hybridized carbons (Fsp3) is 0.105. The number of amides is 1. The number of rotatable bonds is 5. The van der Waals surface area contributed by atoms with Gasteiger partial charge in [-0.3, -0.25) is 14.2 Å². The SMILES string of the molecule is Cn1c(SCC(=O)Nc2cc(Cl)ccc2Cl)nc2scc(-c3cccs3)c2c1=O. The van der Waals surface area contributed by atoms with E-state index in [0.717, 1.165) is 10.4 Å². The molecule has 1 amide bonds. The summed E-state index contributed by atoms with van der Waals surface area (Å²) in [4.78, 5) is 31.6. The number of halogens is 2. The lowest BCUT2D eigenvalue weighted by Crippen LogP contribution is -2.21. The van der Waals surface area contributed by atoms with Gasteiger partial charge in [0.05, 0.1) is 21.8 Å². The van der Waals surface area contributed by atoms with E-state index in [1.165, 1.54) is 27.7 Å². The van der Waals surface area contributed by atoms with E-state index in [9.17, 15) is 9.59 Å².